The van der Waals surface area contributed by atoms with Crippen molar-refractivity contribution in [3.8, 4) is 22.8 Å². The number of thioether (sulfide) groups is 1. The Labute approximate surface area is 153 Å². The lowest BCUT2D eigenvalue weighted by molar-refractivity contribution is 0.528. The van der Waals surface area contributed by atoms with Gasteiger partial charge in [-0.25, -0.2) is 4.39 Å². The summed E-state index contributed by atoms with van der Waals surface area (Å²) < 4.78 is 21.4. The van der Waals surface area contributed by atoms with E-state index in [9.17, 15) is 4.39 Å². The van der Waals surface area contributed by atoms with Gasteiger partial charge in [0.05, 0.1) is 11.3 Å². The van der Waals surface area contributed by atoms with Crippen LogP contribution >= 0.6 is 11.8 Å². The highest BCUT2D eigenvalue weighted by molar-refractivity contribution is 7.98. The van der Waals surface area contributed by atoms with Crippen molar-refractivity contribution in [1.82, 2.24) is 25.0 Å². The van der Waals surface area contributed by atoms with Crippen LogP contribution in [0.4, 0.5) is 4.39 Å². The van der Waals surface area contributed by atoms with E-state index in [4.69, 9.17) is 4.42 Å². The van der Waals surface area contributed by atoms with Crippen LogP contribution in [0.1, 0.15) is 5.89 Å². The molecule has 0 aliphatic rings. The highest BCUT2D eigenvalue weighted by Crippen LogP contribution is 2.27. The molecule has 2 aromatic carbocycles. The molecule has 2 aromatic heterocycles. The van der Waals surface area contributed by atoms with E-state index < -0.39 is 0 Å². The molecule has 4 rings (SSSR count). The van der Waals surface area contributed by atoms with E-state index in [2.05, 4.69) is 20.4 Å². The summed E-state index contributed by atoms with van der Waals surface area (Å²) in [6, 6.07) is 16.1. The van der Waals surface area contributed by atoms with E-state index in [1.165, 1.54) is 17.8 Å². The zero-order valence-corrected chi connectivity index (χ0v) is 14.7. The van der Waals surface area contributed by atoms with Crippen LogP contribution in [0.2, 0.25) is 0 Å². The van der Waals surface area contributed by atoms with Crippen molar-refractivity contribution >= 4 is 11.8 Å². The summed E-state index contributed by atoms with van der Waals surface area (Å²) in [7, 11) is 1.80. The second kappa shape index (κ2) is 7.09. The maximum Gasteiger partial charge on any atom is 0.247 e. The molecule has 0 spiro atoms. The highest BCUT2D eigenvalue weighted by Gasteiger charge is 2.16. The van der Waals surface area contributed by atoms with Gasteiger partial charge in [-0.15, -0.1) is 20.4 Å². The quantitative estimate of drug-likeness (QED) is 0.497. The molecule has 0 radical (unpaired) electrons. The van der Waals surface area contributed by atoms with Crippen LogP contribution in [0.3, 0.4) is 0 Å². The standard InChI is InChI=1S/C18H14FN5OS/c1-24-16(13-9-5-6-10-14(13)19)21-23-18(24)26-11-15-20-22-17(25-15)12-7-3-2-4-8-12/h2-10H,11H2,1H3. The van der Waals surface area contributed by atoms with Crippen LogP contribution in [0.15, 0.2) is 64.2 Å². The molecular weight excluding hydrogens is 353 g/mol. The van der Waals surface area contributed by atoms with Crippen molar-refractivity contribution in [2.75, 3.05) is 0 Å². The van der Waals surface area contributed by atoms with Gasteiger partial charge in [-0.3, -0.25) is 0 Å². The van der Waals surface area contributed by atoms with Gasteiger partial charge < -0.3 is 8.98 Å². The van der Waals surface area contributed by atoms with Gasteiger partial charge in [-0.2, -0.15) is 0 Å². The number of hydrogen-bond acceptors (Lipinski definition) is 6. The average molecular weight is 367 g/mol. The molecule has 6 nitrogen and oxygen atoms in total. The third kappa shape index (κ3) is 3.23. The molecule has 0 amide bonds. The van der Waals surface area contributed by atoms with Gasteiger partial charge in [-0.1, -0.05) is 42.1 Å². The van der Waals surface area contributed by atoms with Crippen LogP contribution in [0.25, 0.3) is 22.8 Å². The van der Waals surface area contributed by atoms with E-state index in [1.807, 2.05) is 30.3 Å². The number of benzene rings is 2. The van der Waals surface area contributed by atoms with Gasteiger partial charge in [-0.05, 0) is 24.3 Å². The zero-order chi connectivity index (χ0) is 17.9. The SMILES string of the molecule is Cn1c(SCc2nnc(-c3ccccc3)o2)nnc1-c1ccccc1F. The Balaban J connectivity index is 1.50. The summed E-state index contributed by atoms with van der Waals surface area (Å²) in [6.07, 6.45) is 0. The highest BCUT2D eigenvalue weighted by atomic mass is 32.2. The largest absolute Gasteiger partial charge is 0.420 e. The predicted octanol–water partition coefficient (Wildman–Crippen LogP) is 3.96. The smallest absolute Gasteiger partial charge is 0.247 e. The third-order valence-corrected chi connectivity index (χ3v) is 4.77. The molecule has 0 bridgehead atoms. The van der Waals surface area contributed by atoms with Crippen molar-refractivity contribution in [2.24, 2.45) is 7.05 Å². The second-order valence-electron chi connectivity index (χ2n) is 5.50. The topological polar surface area (TPSA) is 69.6 Å². The first-order valence-corrected chi connectivity index (χ1v) is 8.86. The maximum atomic E-state index is 14.0. The fourth-order valence-corrected chi connectivity index (χ4v) is 3.20. The van der Waals surface area contributed by atoms with E-state index in [1.54, 1.807) is 29.8 Å². The van der Waals surface area contributed by atoms with Crippen LogP contribution in [0.5, 0.6) is 0 Å². The Morgan fingerprint density at radius 2 is 1.73 bits per heavy atom. The Hall–Kier alpha value is -3.00. The third-order valence-electron chi connectivity index (χ3n) is 3.76. The number of aromatic nitrogens is 5. The predicted molar refractivity (Wildman–Crippen MR) is 95.7 cm³/mol. The van der Waals surface area contributed by atoms with Gasteiger partial charge in [0.25, 0.3) is 0 Å². The molecule has 0 saturated heterocycles. The summed E-state index contributed by atoms with van der Waals surface area (Å²) in [5.74, 6) is 1.56. The first kappa shape index (κ1) is 16.5. The van der Waals surface area contributed by atoms with Crippen LogP contribution in [-0.2, 0) is 12.8 Å². The normalized spacial score (nSPS) is 11.0. The van der Waals surface area contributed by atoms with Gasteiger partial charge in [0.15, 0.2) is 11.0 Å². The fraction of sp³-hybridized carbons (Fsp3) is 0.111. The molecule has 0 fully saturated rings. The molecule has 0 atom stereocenters. The Morgan fingerprint density at radius 3 is 2.54 bits per heavy atom. The van der Waals surface area contributed by atoms with Crippen molar-refractivity contribution in [3.05, 3.63) is 66.3 Å². The minimum absolute atomic E-state index is 0.330. The van der Waals surface area contributed by atoms with Gasteiger partial charge >= 0.3 is 0 Å². The molecule has 0 N–H and O–H groups in total. The molecule has 0 unspecified atom stereocenters. The lowest BCUT2D eigenvalue weighted by Crippen LogP contribution is -1.96. The summed E-state index contributed by atoms with van der Waals surface area (Å²) in [5, 5.41) is 17.0. The van der Waals surface area contributed by atoms with Crippen molar-refractivity contribution < 1.29 is 8.81 Å². The number of hydrogen-bond donors (Lipinski definition) is 0. The lowest BCUT2D eigenvalue weighted by Gasteiger charge is -2.03. The summed E-state index contributed by atoms with van der Waals surface area (Å²) >= 11 is 1.40. The Kier molecular flexibility index (Phi) is 4.49. The van der Waals surface area contributed by atoms with E-state index in [0.29, 0.717) is 34.1 Å². The van der Waals surface area contributed by atoms with E-state index in [-0.39, 0.29) is 5.82 Å². The van der Waals surface area contributed by atoms with Crippen LogP contribution in [0, 0.1) is 5.82 Å². The lowest BCUT2D eigenvalue weighted by atomic mass is 10.2. The Bertz CT molecular complexity index is 1030. The zero-order valence-electron chi connectivity index (χ0n) is 13.8. The first-order chi connectivity index (χ1) is 12.7. The minimum Gasteiger partial charge on any atom is -0.420 e. The fourth-order valence-electron chi connectivity index (χ4n) is 2.45. The van der Waals surface area contributed by atoms with E-state index >= 15 is 0 Å². The molecule has 0 aliphatic carbocycles. The summed E-state index contributed by atoms with van der Waals surface area (Å²) in [5.41, 5.74) is 1.29. The van der Waals surface area contributed by atoms with Crippen LogP contribution < -0.4 is 0 Å². The molecule has 4 aromatic rings. The molecule has 8 heteroatoms. The molecule has 26 heavy (non-hydrogen) atoms. The van der Waals surface area contributed by atoms with Crippen molar-refractivity contribution in [1.29, 1.82) is 0 Å². The molecule has 2 heterocycles. The average Bonchev–Trinajstić information content (AvgIpc) is 3.28. The van der Waals surface area contributed by atoms with Crippen LogP contribution in [-0.4, -0.2) is 25.0 Å². The summed E-state index contributed by atoms with van der Waals surface area (Å²) in [6.45, 7) is 0. The van der Waals surface area contributed by atoms with Gasteiger partial charge in [0.2, 0.25) is 11.8 Å². The molecule has 0 aliphatic heterocycles. The first-order valence-electron chi connectivity index (χ1n) is 7.87. The summed E-state index contributed by atoms with van der Waals surface area (Å²) in [4.78, 5) is 0. The van der Waals surface area contributed by atoms with Crippen molar-refractivity contribution in [2.45, 2.75) is 10.9 Å². The monoisotopic (exact) mass is 367 g/mol. The van der Waals surface area contributed by atoms with Crippen molar-refractivity contribution in [3.63, 3.8) is 0 Å². The minimum atomic E-state index is -0.330. The maximum absolute atomic E-state index is 14.0. The van der Waals surface area contributed by atoms with Gasteiger partial charge in [0, 0.05) is 12.6 Å². The molecule has 130 valence electrons. The number of nitrogens with zero attached hydrogens (tertiary/aromatic N) is 5. The molecular formula is C18H14FN5OS. The Morgan fingerprint density at radius 1 is 0.962 bits per heavy atom. The number of halogens is 1. The second-order valence-corrected chi connectivity index (χ2v) is 6.44. The molecule has 0 saturated carbocycles. The van der Waals surface area contributed by atoms with Gasteiger partial charge in [0.1, 0.15) is 5.82 Å². The number of rotatable bonds is 5. The van der Waals surface area contributed by atoms with E-state index in [0.717, 1.165) is 5.56 Å².